The van der Waals surface area contributed by atoms with Gasteiger partial charge in [-0.3, -0.25) is 0 Å². The highest BCUT2D eigenvalue weighted by molar-refractivity contribution is 7.99. The molecule has 0 aliphatic carbocycles. The van der Waals surface area contributed by atoms with Gasteiger partial charge < -0.3 is 14.6 Å². The average molecular weight is 212 g/mol. The van der Waals surface area contributed by atoms with Crippen molar-refractivity contribution in [2.75, 3.05) is 13.0 Å². The van der Waals surface area contributed by atoms with Crippen LogP contribution >= 0.6 is 11.8 Å². The zero-order valence-electron chi connectivity index (χ0n) is 8.11. The molecule has 76 valence electrons. The van der Waals surface area contributed by atoms with Crippen molar-refractivity contribution in [3.05, 3.63) is 17.7 Å². The molecular weight excluding hydrogens is 200 g/mol. The minimum Gasteiger partial charge on any atom is -0.496 e. The van der Waals surface area contributed by atoms with E-state index < -0.39 is 6.10 Å². The van der Waals surface area contributed by atoms with Crippen LogP contribution in [-0.2, 0) is 0 Å². The van der Waals surface area contributed by atoms with Gasteiger partial charge >= 0.3 is 0 Å². The Bertz CT molecular complexity index is 349. The fraction of sp³-hybridized carbons (Fsp3) is 0.400. The van der Waals surface area contributed by atoms with Crippen LogP contribution in [0.3, 0.4) is 0 Å². The summed E-state index contributed by atoms with van der Waals surface area (Å²) in [6.07, 6.45) is -0.538. The van der Waals surface area contributed by atoms with Crippen molar-refractivity contribution < 1.29 is 14.6 Å². The van der Waals surface area contributed by atoms with Crippen molar-refractivity contribution in [1.29, 1.82) is 0 Å². The van der Waals surface area contributed by atoms with Crippen LogP contribution in [0.5, 0.6) is 11.5 Å². The molecule has 1 aromatic rings. The Labute approximate surface area is 87.0 Å². The van der Waals surface area contributed by atoms with E-state index in [9.17, 15) is 5.11 Å². The third kappa shape index (κ3) is 1.55. The van der Waals surface area contributed by atoms with E-state index in [0.717, 1.165) is 22.0 Å². The Hall–Kier alpha value is -0.870. The van der Waals surface area contributed by atoms with Crippen LogP contribution in [-0.4, -0.2) is 18.2 Å². The highest BCUT2D eigenvalue weighted by atomic mass is 32.2. The lowest BCUT2D eigenvalue weighted by atomic mass is 10.1. The number of ether oxygens (including phenoxy) is 2. The second-order valence-corrected chi connectivity index (χ2v) is 4.09. The Morgan fingerprint density at radius 3 is 3.00 bits per heavy atom. The van der Waals surface area contributed by atoms with Gasteiger partial charge in [0, 0.05) is 5.56 Å². The zero-order valence-corrected chi connectivity index (χ0v) is 8.93. The van der Waals surface area contributed by atoms with Gasteiger partial charge in [-0.15, -0.1) is 0 Å². The van der Waals surface area contributed by atoms with E-state index in [1.54, 1.807) is 25.8 Å². The summed E-state index contributed by atoms with van der Waals surface area (Å²) in [4.78, 5) is 1.08. The van der Waals surface area contributed by atoms with Crippen LogP contribution in [0.2, 0.25) is 0 Å². The Morgan fingerprint density at radius 1 is 1.57 bits per heavy atom. The molecule has 1 heterocycles. The zero-order chi connectivity index (χ0) is 10.1. The van der Waals surface area contributed by atoms with Crippen molar-refractivity contribution in [2.45, 2.75) is 17.9 Å². The van der Waals surface area contributed by atoms with Gasteiger partial charge in [0.05, 0.1) is 18.1 Å². The van der Waals surface area contributed by atoms with Gasteiger partial charge in [-0.1, -0.05) is 11.8 Å². The summed E-state index contributed by atoms with van der Waals surface area (Å²) in [5, 5.41) is 9.52. The molecule has 4 heteroatoms. The van der Waals surface area contributed by atoms with E-state index in [-0.39, 0.29) is 0 Å². The molecule has 2 rings (SSSR count). The fourth-order valence-electron chi connectivity index (χ4n) is 1.44. The molecule has 1 aliphatic rings. The molecule has 0 amide bonds. The molecule has 1 N–H and O–H groups in total. The molecule has 1 aliphatic heterocycles. The Kier molecular flexibility index (Phi) is 2.56. The van der Waals surface area contributed by atoms with E-state index in [0.29, 0.717) is 5.94 Å². The summed E-state index contributed by atoms with van der Waals surface area (Å²) in [6.45, 7) is 1.71. The molecule has 0 aromatic heterocycles. The first kappa shape index (κ1) is 9.68. The highest BCUT2D eigenvalue weighted by Gasteiger charge is 2.18. The summed E-state index contributed by atoms with van der Waals surface area (Å²) in [6, 6.07) is 3.76. The molecule has 3 nitrogen and oxygen atoms in total. The lowest BCUT2D eigenvalue weighted by molar-refractivity contribution is 0.193. The van der Waals surface area contributed by atoms with Crippen molar-refractivity contribution in [2.24, 2.45) is 0 Å². The van der Waals surface area contributed by atoms with Gasteiger partial charge in [-0.25, -0.2) is 0 Å². The van der Waals surface area contributed by atoms with Crippen molar-refractivity contribution in [1.82, 2.24) is 0 Å². The molecule has 0 radical (unpaired) electrons. The summed E-state index contributed by atoms with van der Waals surface area (Å²) >= 11 is 1.63. The van der Waals surface area contributed by atoms with Crippen molar-refractivity contribution in [3.63, 3.8) is 0 Å². The average Bonchev–Trinajstić information content (AvgIpc) is 2.62. The SMILES string of the molecule is COc1cc2c(cc1C(C)O)OCS2. The van der Waals surface area contributed by atoms with Crippen LogP contribution in [0.4, 0.5) is 0 Å². The third-order valence-corrected chi connectivity index (χ3v) is 3.04. The summed E-state index contributed by atoms with van der Waals surface area (Å²) < 4.78 is 10.6. The number of benzene rings is 1. The number of rotatable bonds is 2. The monoisotopic (exact) mass is 212 g/mol. The molecule has 0 spiro atoms. The number of fused-ring (bicyclic) bond motifs is 1. The van der Waals surface area contributed by atoms with Crippen LogP contribution in [0.25, 0.3) is 0 Å². The standard InChI is InChI=1S/C10H12O3S/c1-6(11)7-3-9-10(14-5-13-9)4-8(7)12-2/h3-4,6,11H,5H2,1-2H3. The Morgan fingerprint density at radius 2 is 2.36 bits per heavy atom. The number of thioether (sulfide) groups is 1. The maximum Gasteiger partial charge on any atom is 0.138 e. The predicted molar refractivity (Wildman–Crippen MR) is 55.0 cm³/mol. The number of hydrogen-bond acceptors (Lipinski definition) is 4. The van der Waals surface area contributed by atoms with Crippen molar-refractivity contribution in [3.8, 4) is 11.5 Å². The van der Waals surface area contributed by atoms with Gasteiger partial charge in [0.15, 0.2) is 0 Å². The van der Waals surface area contributed by atoms with Crippen LogP contribution in [0.15, 0.2) is 17.0 Å². The summed E-state index contributed by atoms with van der Waals surface area (Å²) in [7, 11) is 1.61. The molecule has 14 heavy (non-hydrogen) atoms. The number of aliphatic hydroxyl groups is 1. The van der Waals surface area contributed by atoms with Gasteiger partial charge in [0.2, 0.25) is 0 Å². The largest absolute Gasteiger partial charge is 0.496 e. The van der Waals surface area contributed by atoms with Crippen LogP contribution in [0.1, 0.15) is 18.6 Å². The van der Waals surface area contributed by atoms with Crippen LogP contribution in [0, 0.1) is 0 Å². The second kappa shape index (κ2) is 3.71. The normalized spacial score (nSPS) is 15.9. The molecule has 0 saturated heterocycles. The fourth-order valence-corrected chi connectivity index (χ4v) is 2.21. The lowest BCUT2D eigenvalue weighted by Gasteiger charge is -2.12. The number of aliphatic hydroxyl groups excluding tert-OH is 1. The predicted octanol–water partition coefficient (Wildman–Crippen LogP) is 2.19. The first-order valence-electron chi connectivity index (χ1n) is 4.38. The van der Waals surface area contributed by atoms with Gasteiger partial charge in [-0.2, -0.15) is 0 Å². The Balaban J connectivity index is 2.49. The topological polar surface area (TPSA) is 38.7 Å². The first-order valence-corrected chi connectivity index (χ1v) is 5.36. The van der Waals surface area contributed by atoms with E-state index in [2.05, 4.69) is 0 Å². The smallest absolute Gasteiger partial charge is 0.138 e. The molecule has 0 bridgehead atoms. The minimum absolute atomic E-state index is 0.538. The lowest BCUT2D eigenvalue weighted by Crippen LogP contribution is -1.97. The summed E-state index contributed by atoms with van der Waals surface area (Å²) in [5.74, 6) is 2.20. The highest BCUT2D eigenvalue weighted by Crippen LogP contribution is 2.42. The van der Waals surface area contributed by atoms with E-state index >= 15 is 0 Å². The molecule has 1 aromatic carbocycles. The second-order valence-electron chi connectivity index (χ2n) is 3.12. The maximum atomic E-state index is 9.52. The van der Waals surface area contributed by atoms with Gasteiger partial charge in [-0.05, 0) is 19.1 Å². The van der Waals surface area contributed by atoms with Crippen LogP contribution < -0.4 is 9.47 Å². The molecule has 0 saturated carbocycles. The van der Waals surface area contributed by atoms with Gasteiger partial charge in [0.25, 0.3) is 0 Å². The minimum atomic E-state index is -0.538. The third-order valence-electron chi connectivity index (χ3n) is 2.18. The molecule has 1 atom stereocenters. The molecular formula is C10H12O3S. The van der Waals surface area contributed by atoms with Crippen molar-refractivity contribution >= 4 is 11.8 Å². The molecule has 0 fully saturated rings. The van der Waals surface area contributed by atoms with E-state index in [1.807, 2.05) is 12.1 Å². The molecule has 1 unspecified atom stereocenters. The van der Waals surface area contributed by atoms with Gasteiger partial charge in [0.1, 0.15) is 17.4 Å². The number of methoxy groups -OCH3 is 1. The van der Waals surface area contributed by atoms with E-state index in [4.69, 9.17) is 9.47 Å². The quantitative estimate of drug-likeness (QED) is 0.815. The first-order chi connectivity index (χ1) is 6.72. The van der Waals surface area contributed by atoms with E-state index in [1.165, 1.54) is 0 Å². The summed E-state index contributed by atoms with van der Waals surface area (Å²) in [5.41, 5.74) is 0.772. The number of hydrogen-bond donors (Lipinski definition) is 1. The maximum absolute atomic E-state index is 9.52.